The van der Waals surface area contributed by atoms with Crippen LogP contribution in [-0.4, -0.2) is 5.91 Å². The molecule has 0 aromatic heterocycles. The smallest absolute Gasteiger partial charge is 0.252 e. The fourth-order valence-electron chi connectivity index (χ4n) is 1.60. The molecule has 1 N–H and O–H groups in total. The summed E-state index contributed by atoms with van der Waals surface area (Å²) in [5.74, 6) is -1.27. The summed E-state index contributed by atoms with van der Waals surface area (Å²) in [5, 5.41) is 2.61. The molecule has 2 rings (SSSR count). The molecule has 2 nitrogen and oxygen atoms in total. The molecule has 2 aromatic carbocycles. The van der Waals surface area contributed by atoms with Gasteiger partial charge in [0.2, 0.25) is 0 Å². The van der Waals surface area contributed by atoms with E-state index in [4.69, 9.17) is 0 Å². The maximum Gasteiger partial charge on any atom is 0.252 e. The van der Waals surface area contributed by atoms with E-state index in [-0.39, 0.29) is 17.9 Å². The molecule has 0 bridgehead atoms. The first-order valence-electron chi connectivity index (χ1n) is 5.54. The Hall–Kier alpha value is -1.75. The number of halogens is 3. The van der Waals surface area contributed by atoms with E-state index in [1.54, 1.807) is 12.1 Å². The summed E-state index contributed by atoms with van der Waals surface area (Å²) in [4.78, 5) is 11.9. The average molecular weight is 326 g/mol. The van der Waals surface area contributed by atoms with Crippen LogP contribution in [0.2, 0.25) is 0 Å². The van der Waals surface area contributed by atoms with Crippen molar-refractivity contribution >= 4 is 21.8 Å². The molecule has 0 aliphatic carbocycles. The molecule has 2 aromatic rings. The minimum Gasteiger partial charge on any atom is -0.348 e. The monoisotopic (exact) mass is 325 g/mol. The standard InChI is InChI=1S/C14H10BrF2NO/c15-13-5-4-11(17)7-12(13)14(19)18-8-9-2-1-3-10(16)6-9/h1-7H,8H2,(H,18,19). The fraction of sp³-hybridized carbons (Fsp3) is 0.0714. The van der Waals surface area contributed by atoms with Gasteiger partial charge in [0.25, 0.3) is 5.91 Å². The zero-order valence-corrected chi connectivity index (χ0v) is 11.4. The summed E-state index contributed by atoms with van der Waals surface area (Å²) in [6.07, 6.45) is 0. The van der Waals surface area contributed by atoms with Gasteiger partial charge in [0.15, 0.2) is 0 Å². The van der Waals surface area contributed by atoms with E-state index in [0.717, 1.165) is 6.07 Å². The molecule has 0 heterocycles. The molecule has 0 saturated carbocycles. The molecule has 0 radical (unpaired) electrons. The molecule has 19 heavy (non-hydrogen) atoms. The highest BCUT2D eigenvalue weighted by atomic mass is 79.9. The normalized spacial score (nSPS) is 10.3. The van der Waals surface area contributed by atoms with Crippen molar-refractivity contribution in [1.82, 2.24) is 5.32 Å². The lowest BCUT2D eigenvalue weighted by Crippen LogP contribution is -2.23. The third kappa shape index (κ3) is 3.61. The maximum atomic E-state index is 13.1. The minimum atomic E-state index is -0.487. The third-order valence-electron chi connectivity index (χ3n) is 2.52. The van der Waals surface area contributed by atoms with Crippen LogP contribution in [0.25, 0.3) is 0 Å². The van der Waals surface area contributed by atoms with Gasteiger partial charge in [-0.05, 0) is 51.8 Å². The van der Waals surface area contributed by atoms with Crippen LogP contribution < -0.4 is 5.32 Å². The van der Waals surface area contributed by atoms with Gasteiger partial charge >= 0.3 is 0 Å². The van der Waals surface area contributed by atoms with Crippen LogP contribution in [0.4, 0.5) is 8.78 Å². The van der Waals surface area contributed by atoms with E-state index in [9.17, 15) is 13.6 Å². The van der Waals surface area contributed by atoms with Gasteiger partial charge in [-0.1, -0.05) is 12.1 Å². The lowest BCUT2D eigenvalue weighted by molar-refractivity contribution is 0.0949. The Kier molecular flexibility index (Phi) is 4.27. The summed E-state index contributed by atoms with van der Waals surface area (Å²) < 4.78 is 26.5. The van der Waals surface area contributed by atoms with Crippen LogP contribution >= 0.6 is 15.9 Å². The lowest BCUT2D eigenvalue weighted by atomic mass is 10.2. The Morgan fingerprint density at radius 3 is 2.58 bits per heavy atom. The van der Waals surface area contributed by atoms with E-state index >= 15 is 0 Å². The molecular formula is C14H10BrF2NO. The van der Waals surface area contributed by atoms with Crippen molar-refractivity contribution in [1.29, 1.82) is 0 Å². The van der Waals surface area contributed by atoms with Crippen LogP contribution in [0, 0.1) is 11.6 Å². The highest BCUT2D eigenvalue weighted by molar-refractivity contribution is 9.10. The summed E-state index contributed by atoms with van der Waals surface area (Å²) in [6.45, 7) is 0.180. The number of rotatable bonds is 3. The van der Waals surface area contributed by atoms with Crippen molar-refractivity contribution < 1.29 is 13.6 Å². The van der Waals surface area contributed by atoms with Crippen molar-refractivity contribution in [3.05, 3.63) is 69.7 Å². The van der Waals surface area contributed by atoms with Crippen molar-refractivity contribution in [2.75, 3.05) is 0 Å². The predicted molar refractivity (Wildman–Crippen MR) is 71.7 cm³/mol. The van der Waals surface area contributed by atoms with Gasteiger partial charge in [-0.15, -0.1) is 0 Å². The molecule has 0 saturated heterocycles. The number of carbonyl (C=O) groups excluding carboxylic acids is 1. The SMILES string of the molecule is O=C(NCc1cccc(F)c1)c1cc(F)ccc1Br. The summed E-state index contributed by atoms with van der Waals surface area (Å²) in [5.41, 5.74) is 0.845. The quantitative estimate of drug-likeness (QED) is 0.916. The van der Waals surface area contributed by atoms with Gasteiger partial charge < -0.3 is 5.32 Å². The van der Waals surface area contributed by atoms with Crippen molar-refractivity contribution in [2.45, 2.75) is 6.54 Å². The first-order valence-corrected chi connectivity index (χ1v) is 6.33. The van der Waals surface area contributed by atoms with Gasteiger partial charge in [0.05, 0.1) is 5.56 Å². The number of benzene rings is 2. The summed E-state index contributed by atoms with van der Waals surface area (Å²) >= 11 is 3.18. The van der Waals surface area contributed by atoms with Crippen molar-refractivity contribution in [2.24, 2.45) is 0 Å². The second-order valence-corrected chi connectivity index (χ2v) is 4.79. The van der Waals surface area contributed by atoms with Crippen LogP contribution in [0.3, 0.4) is 0 Å². The molecule has 0 aliphatic rings. The van der Waals surface area contributed by atoms with Gasteiger partial charge in [0.1, 0.15) is 11.6 Å². The van der Waals surface area contributed by atoms with Crippen LogP contribution in [0.5, 0.6) is 0 Å². The number of hydrogen-bond donors (Lipinski definition) is 1. The molecule has 0 unspecified atom stereocenters. The highest BCUT2D eigenvalue weighted by Crippen LogP contribution is 2.17. The van der Waals surface area contributed by atoms with Crippen molar-refractivity contribution in [3.63, 3.8) is 0 Å². The second kappa shape index (κ2) is 5.93. The highest BCUT2D eigenvalue weighted by Gasteiger charge is 2.10. The Morgan fingerprint density at radius 2 is 1.84 bits per heavy atom. The predicted octanol–water partition coefficient (Wildman–Crippen LogP) is 3.66. The topological polar surface area (TPSA) is 29.1 Å². The van der Waals surface area contributed by atoms with Crippen LogP contribution in [0.1, 0.15) is 15.9 Å². The van der Waals surface area contributed by atoms with E-state index in [1.807, 2.05) is 0 Å². The number of amides is 1. The largest absolute Gasteiger partial charge is 0.348 e. The zero-order chi connectivity index (χ0) is 13.8. The Bertz CT molecular complexity index is 616. The first kappa shape index (κ1) is 13.7. The third-order valence-corrected chi connectivity index (χ3v) is 3.21. The van der Waals surface area contributed by atoms with E-state index in [2.05, 4.69) is 21.2 Å². The Labute approximate surface area is 117 Å². The summed E-state index contributed by atoms with van der Waals surface area (Å²) in [7, 11) is 0. The molecule has 5 heteroatoms. The molecule has 0 aliphatic heterocycles. The number of hydrogen-bond acceptors (Lipinski definition) is 1. The molecule has 1 amide bonds. The van der Waals surface area contributed by atoms with Gasteiger partial charge in [-0.25, -0.2) is 8.78 Å². The Balaban J connectivity index is 2.07. The number of carbonyl (C=O) groups is 1. The fourth-order valence-corrected chi connectivity index (χ4v) is 2.02. The Morgan fingerprint density at radius 1 is 1.11 bits per heavy atom. The van der Waals surface area contributed by atoms with E-state index in [1.165, 1.54) is 24.3 Å². The number of nitrogens with one attached hydrogen (secondary N) is 1. The molecule has 98 valence electrons. The lowest BCUT2D eigenvalue weighted by Gasteiger charge is -2.07. The van der Waals surface area contributed by atoms with Gasteiger partial charge in [-0.3, -0.25) is 4.79 Å². The van der Waals surface area contributed by atoms with Gasteiger partial charge in [0, 0.05) is 11.0 Å². The van der Waals surface area contributed by atoms with Crippen LogP contribution in [-0.2, 0) is 6.54 Å². The minimum absolute atomic E-state index is 0.180. The maximum absolute atomic E-state index is 13.1. The molecule has 0 atom stereocenters. The van der Waals surface area contributed by atoms with E-state index < -0.39 is 11.7 Å². The van der Waals surface area contributed by atoms with E-state index in [0.29, 0.717) is 10.0 Å². The zero-order valence-electron chi connectivity index (χ0n) is 9.79. The average Bonchev–Trinajstić information content (AvgIpc) is 2.39. The molecular weight excluding hydrogens is 316 g/mol. The van der Waals surface area contributed by atoms with Crippen LogP contribution in [0.15, 0.2) is 46.9 Å². The molecule has 0 fully saturated rings. The van der Waals surface area contributed by atoms with Crippen molar-refractivity contribution in [3.8, 4) is 0 Å². The van der Waals surface area contributed by atoms with Gasteiger partial charge in [-0.2, -0.15) is 0 Å². The first-order chi connectivity index (χ1) is 9.06. The molecule has 0 spiro atoms. The summed E-state index contributed by atoms with van der Waals surface area (Å²) in [6, 6.07) is 9.79. The second-order valence-electron chi connectivity index (χ2n) is 3.94.